The van der Waals surface area contributed by atoms with E-state index in [1.807, 2.05) is 6.92 Å². The molecule has 0 aliphatic carbocycles. The average molecular weight is 235 g/mol. The Labute approximate surface area is 98.6 Å². The van der Waals surface area contributed by atoms with Crippen LogP contribution in [0.2, 0.25) is 0 Å². The van der Waals surface area contributed by atoms with Gasteiger partial charge in [-0.2, -0.15) is 4.98 Å². The van der Waals surface area contributed by atoms with Crippen LogP contribution in [0.25, 0.3) is 11.5 Å². The van der Waals surface area contributed by atoms with Crippen LogP contribution in [0.3, 0.4) is 0 Å². The Morgan fingerprint density at radius 3 is 2.88 bits per heavy atom. The summed E-state index contributed by atoms with van der Waals surface area (Å²) in [4.78, 5) is 4.23. The van der Waals surface area contributed by atoms with Crippen LogP contribution in [0, 0.1) is 12.7 Å². The number of nitrogens with two attached hydrogens (primary N) is 1. The molecule has 1 aromatic heterocycles. The van der Waals surface area contributed by atoms with Crippen LogP contribution in [0.5, 0.6) is 0 Å². The zero-order valence-corrected chi connectivity index (χ0v) is 9.77. The fourth-order valence-electron chi connectivity index (χ4n) is 1.60. The number of aryl methyl sites for hydroxylation is 1. The number of hydrogen-bond donors (Lipinski definition) is 1. The van der Waals surface area contributed by atoms with Crippen molar-refractivity contribution in [2.24, 2.45) is 5.73 Å². The molecule has 90 valence electrons. The first kappa shape index (κ1) is 11.7. The third kappa shape index (κ3) is 2.68. The van der Waals surface area contributed by atoms with Crippen molar-refractivity contribution in [2.75, 3.05) is 0 Å². The van der Waals surface area contributed by atoms with Crippen LogP contribution in [0.4, 0.5) is 4.39 Å². The van der Waals surface area contributed by atoms with Gasteiger partial charge in [0.1, 0.15) is 5.82 Å². The molecule has 0 saturated carbocycles. The van der Waals surface area contributed by atoms with Gasteiger partial charge >= 0.3 is 0 Å². The third-order valence-electron chi connectivity index (χ3n) is 2.39. The minimum atomic E-state index is -0.276. The topological polar surface area (TPSA) is 64.9 Å². The molecule has 0 radical (unpaired) electrons. The van der Waals surface area contributed by atoms with Gasteiger partial charge in [-0.25, -0.2) is 4.39 Å². The molecule has 0 aliphatic heterocycles. The summed E-state index contributed by atoms with van der Waals surface area (Å²) in [6.45, 7) is 3.67. The Morgan fingerprint density at radius 1 is 1.47 bits per heavy atom. The molecule has 0 bridgehead atoms. The van der Waals surface area contributed by atoms with Crippen molar-refractivity contribution in [3.63, 3.8) is 0 Å². The molecule has 0 saturated heterocycles. The Hall–Kier alpha value is -1.75. The van der Waals surface area contributed by atoms with E-state index in [2.05, 4.69) is 10.1 Å². The largest absolute Gasteiger partial charge is 0.334 e. The summed E-state index contributed by atoms with van der Waals surface area (Å²) in [6, 6.07) is 4.42. The molecule has 2 aromatic rings. The van der Waals surface area contributed by atoms with Crippen LogP contribution >= 0.6 is 0 Å². The lowest BCUT2D eigenvalue weighted by molar-refractivity contribution is 0.420. The smallest absolute Gasteiger partial charge is 0.258 e. The molecule has 1 unspecified atom stereocenters. The molecule has 17 heavy (non-hydrogen) atoms. The molecule has 0 spiro atoms. The van der Waals surface area contributed by atoms with E-state index in [-0.39, 0.29) is 11.9 Å². The highest BCUT2D eigenvalue weighted by molar-refractivity contribution is 5.57. The summed E-state index contributed by atoms with van der Waals surface area (Å²) in [5.74, 6) is 0.693. The molecule has 4 nitrogen and oxygen atoms in total. The lowest BCUT2D eigenvalue weighted by Crippen LogP contribution is -2.18. The van der Waals surface area contributed by atoms with Gasteiger partial charge in [-0.3, -0.25) is 0 Å². The Morgan fingerprint density at radius 2 is 2.24 bits per heavy atom. The van der Waals surface area contributed by atoms with Crippen molar-refractivity contribution in [3.8, 4) is 11.5 Å². The first-order chi connectivity index (χ1) is 8.06. The van der Waals surface area contributed by atoms with E-state index in [9.17, 15) is 4.39 Å². The zero-order valence-electron chi connectivity index (χ0n) is 9.77. The van der Waals surface area contributed by atoms with Gasteiger partial charge in [0.15, 0.2) is 5.82 Å². The average Bonchev–Trinajstić information content (AvgIpc) is 2.65. The standard InChI is InChI=1S/C12H14FN3O/c1-7-5-9(13)3-4-10(7)12-15-11(16-17-12)6-8(2)14/h3-5,8H,6,14H2,1-2H3. The first-order valence-corrected chi connectivity index (χ1v) is 5.41. The van der Waals surface area contributed by atoms with Crippen LogP contribution in [-0.4, -0.2) is 16.2 Å². The molecule has 0 fully saturated rings. The minimum Gasteiger partial charge on any atom is -0.334 e. The lowest BCUT2D eigenvalue weighted by Gasteiger charge is -1.99. The van der Waals surface area contributed by atoms with Crippen LogP contribution in [-0.2, 0) is 6.42 Å². The fourth-order valence-corrected chi connectivity index (χ4v) is 1.60. The van der Waals surface area contributed by atoms with Gasteiger partial charge in [0.2, 0.25) is 0 Å². The highest BCUT2D eigenvalue weighted by Gasteiger charge is 2.12. The lowest BCUT2D eigenvalue weighted by atomic mass is 10.1. The van der Waals surface area contributed by atoms with E-state index in [0.29, 0.717) is 18.1 Å². The molecule has 2 N–H and O–H groups in total. The number of hydrogen-bond acceptors (Lipinski definition) is 4. The summed E-state index contributed by atoms with van der Waals surface area (Å²) >= 11 is 0. The van der Waals surface area contributed by atoms with E-state index in [1.165, 1.54) is 12.1 Å². The van der Waals surface area contributed by atoms with Crippen molar-refractivity contribution < 1.29 is 8.91 Å². The molecular formula is C12H14FN3O. The SMILES string of the molecule is Cc1cc(F)ccc1-c1nc(CC(C)N)no1. The number of nitrogens with zero attached hydrogens (tertiary/aromatic N) is 2. The quantitative estimate of drug-likeness (QED) is 0.884. The highest BCUT2D eigenvalue weighted by atomic mass is 19.1. The Bertz CT molecular complexity index is 522. The van der Waals surface area contributed by atoms with E-state index in [0.717, 1.165) is 11.1 Å². The summed E-state index contributed by atoms with van der Waals surface area (Å²) in [6.07, 6.45) is 0.559. The van der Waals surface area contributed by atoms with E-state index in [4.69, 9.17) is 10.3 Å². The van der Waals surface area contributed by atoms with Gasteiger partial charge in [-0.05, 0) is 37.6 Å². The Balaban J connectivity index is 2.30. The maximum absolute atomic E-state index is 13.0. The fraction of sp³-hybridized carbons (Fsp3) is 0.333. The van der Waals surface area contributed by atoms with Crippen molar-refractivity contribution in [3.05, 3.63) is 35.4 Å². The first-order valence-electron chi connectivity index (χ1n) is 5.41. The Kier molecular flexibility index (Phi) is 3.19. The summed E-state index contributed by atoms with van der Waals surface area (Å²) in [5.41, 5.74) is 7.16. The molecule has 1 atom stereocenters. The number of benzene rings is 1. The van der Waals surface area contributed by atoms with E-state index >= 15 is 0 Å². The summed E-state index contributed by atoms with van der Waals surface area (Å²) in [5, 5.41) is 3.84. The van der Waals surface area contributed by atoms with Crippen LogP contribution < -0.4 is 5.73 Å². The molecule has 1 aromatic carbocycles. The van der Waals surface area contributed by atoms with Crippen LogP contribution in [0.1, 0.15) is 18.3 Å². The molecule has 2 rings (SSSR count). The van der Waals surface area contributed by atoms with E-state index < -0.39 is 0 Å². The van der Waals surface area contributed by atoms with Gasteiger partial charge in [-0.1, -0.05) is 5.16 Å². The van der Waals surface area contributed by atoms with Crippen molar-refractivity contribution >= 4 is 0 Å². The van der Waals surface area contributed by atoms with Gasteiger partial charge < -0.3 is 10.3 Å². The summed E-state index contributed by atoms with van der Waals surface area (Å²) in [7, 11) is 0. The zero-order chi connectivity index (χ0) is 12.4. The second kappa shape index (κ2) is 4.63. The summed E-state index contributed by atoms with van der Waals surface area (Å²) < 4.78 is 18.1. The number of rotatable bonds is 3. The molecule has 0 aliphatic rings. The molecular weight excluding hydrogens is 221 g/mol. The third-order valence-corrected chi connectivity index (χ3v) is 2.39. The highest BCUT2D eigenvalue weighted by Crippen LogP contribution is 2.22. The molecule has 0 amide bonds. The predicted molar refractivity (Wildman–Crippen MR) is 61.8 cm³/mol. The predicted octanol–water partition coefficient (Wildman–Crippen LogP) is 2.07. The number of halogens is 1. The van der Waals surface area contributed by atoms with Crippen molar-refractivity contribution in [1.29, 1.82) is 0 Å². The maximum atomic E-state index is 13.0. The maximum Gasteiger partial charge on any atom is 0.258 e. The minimum absolute atomic E-state index is 0.0187. The van der Waals surface area contributed by atoms with Gasteiger partial charge in [-0.15, -0.1) is 0 Å². The van der Waals surface area contributed by atoms with Gasteiger partial charge in [0.05, 0.1) is 0 Å². The molecule has 5 heteroatoms. The van der Waals surface area contributed by atoms with Crippen molar-refractivity contribution in [2.45, 2.75) is 26.3 Å². The second-order valence-electron chi connectivity index (χ2n) is 4.16. The van der Waals surface area contributed by atoms with Crippen molar-refractivity contribution in [1.82, 2.24) is 10.1 Å². The van der Waals surface area contributed by atoms with E-state index in [1.54, 1.807) is 13.0 Å². The van der Waals surface area contributed by atoms with Gasteiger partial charge in [0, 0.05) is 18.0 Å². The molecule has 1 heterocycles. The monoisotopic (exact) mass is 235 g/mol. The number of aromatic nitrogens is 2. The second-order valence-corrected chi connectivity index (χ2v) is 4.16. The van der Waals surface area contributed by atoms with Gasteiger partial charge in [0.25, 0.3) is 5.89 Å². The normalized spacial score (nSPS) is 12.7. The van der Waals surface area contributed by atoms with Crippen LogP contribution in [0.15, 0.2) is 22.7 Å².